The number of hydrogen-bond donors (Lipinski definition) is 1. The lowest BCUT2D eigenvalue weighted by Crippen LogP contribution is -2.32. The summed E-state index contributed by atoms with van der Waals surface area (Å²) in [5, 5.41) is 10.2. The average molecular weight is 459 g/mol. The molecule has 166 valence electrons. The van der Waals surface area contributed by atoms with Crippen molar-refractivity contribution in [2.24, 2.45) is 0 Å². The summed E-state index contributed by atoms with van der Waals surface area (Å²) in [5.41, 5.74) is 5.29. The molecule has 6 rings (SSSR count). The van der Waals surface area contributed by atoms with Crippen molar-refractivity contribution in [2.75, 3.05) is 19.5 Å². The number of rotatable bonds is 4. The van der Waals surface area contributed by atoms with E-state index in [4.69, 9.17) is 14.2 Å². The molecule has 0 saturated carbocycles. The van der Waals surface area contributed by atoms with Crippen molar-refractivity contribution in [2.45, 2.75) is 19.1 Å². The fraction of sp³-hybridized carbons (Fsp3) is 0.200. The number of aromatic nitrogens is 3. The van der Waals surface area contributed by atoms with Gasteiger partial charge in [0.05, 0.1) is 19.9 Å². The average Bonchev–Trinajstić information content (AvgIpc) is 3.54. The van der Waals surface area contributed by atoms with Crippen LogP contribution in [0.15, 0.2) is 65.8 Å². The standard InChI is InChI=1S/C25H22N4O3S/c1-14-6-8-17-16(11-14)22-21(24(32-17)20-5-4-10-33-20)23(29-25(28-22)26-13-27-29)15-7-9-18(30-2)19(12-15)31-3/h4-13,23-24H,1-3H3,(H,26,27,28)/t23-,24+/m1/s1. The smallest absolute Gasteiger partial charge is 0.226 e. The van der Waals surface area contributed by atoms with E-state index >= 15 is 0 Å². The molecule has 7 nitrogen and oxygen atoms in total. The molecule has 8 heteroatoms. The topological polar surface area (TPSA) is 70.4 Å². The number of aryl methyl sites for hydroxylation is 1. The summed E-state index contributed by atoms with van der Waals surface area (Å²) >= 11 is 1.68. The number of anilines is 1. The van der Waals surface area contributed by atoms with Crippen molar-refractivity contribution in [3.05, 3.63) is 87.4 Å². The minimum absolute atomic E-state index is 0.237. The second kappa shape index (κ2) is 7.67. The van der Waals surface area contributed by atoms with E-state index in [0.29, 0.717) is 17.4 Å². The first kappa shape index (κ1) is 19.9. The molecule has 2 aromatic carbocycles. The van der Waals surface area contributed by atoms with Gasteiger partial charge < -0.3 is 19.5 Å². The summed E-state index contributed by atoms with van der Waals surface area (Å²) in [5.74, 6) is 2.88. The van der Waals surface area contributed by atoms with Crippen molar-refractivity contribution >= 4 is 23.0 Å². The van der Waals surface area contributed by atoms with Crippen LogP contribution in [0.1, 0.15) is 33.7 Å². The van der Waals surface area contributed by atoms with Crippen molar-refractivity contribution in [1.29, 1.82) is 0 Å². The zero-order chi connectivity index (χ0) is 22.5. The minimum atomic E-state index is -0.266. The number of benzene rings is 2. The van der Waals surface area contributed by atoms with E-state index in [9.17, 15) is 0 Å². The molecule has 0 amide bonds. The van der Waals surface area contributed by atoms with Crippen molar-refractivity contribution in [3.8, 4) is 17.2 Å². The van der Waals surface area contributed by atoms with Gasteiger partial charge in [0.15, 0.2) is 17.6 Å². The van der Waals surface area contributed by atoms with E-state index in [1.54, 1.807) is 31.9 Å². The fourth-order valence-corrected chi connectivity index (χ4v) is 5.38. The molecule has 2 atom stereocenters. The van der Waals surface area contributed by atoms with Gasteiger partial charge in [-0.1, -0.05) is 23.8 Å². The molecular formula is C25H22N4O3S. The molecule has 33 heavy (non-hydrogen) atoms. The van der Waals surface area contributed by atoms with Crippen LogP contribution in [0.5, 0.6) is 17.2 Å². The highest BCUT2D eigenvalue weighted by Gasteiger charge is 2.41. The van der Waals surface area contributed by atoms with Crippen LogP contribution in [0.25, 0.3) is 5.70 Å². The van der Waals surface area contributed by atoms with Crippen LogP contribution in [0, 0.1) is 6.92 Å². The van der Waals surface area contributed by atoms with Gasteiger partial charge >= 0.3 is 0 Å². The Hall–Kier alpha value is -3.78. The van der Waals surface area contributed by atoms with Gasteiger partial charge in [0, 0.05) is 16.0 Å². The molecule has 0 aliphatic carbocycles. The van der Waals surface area contributed by atoms with E-state index < -0.39 is 0 Å². The van der Waals surface area contributed by atoms with E-state index in [2.05, 4.69) is 52.0 Å². The Kier molecular flexibility index (Phi) is 4.62. The van der Waals surface area contributed by atoms with Gasteiger partial charge in [0.25, 0.3) is 0 Å². The van der Waals surface area contributed by atoms with E-state index in [1.165, 1.54) is 0 Å². The van der Waals surface area contributed by atoms with Crippen LogP contribution in [-0.4, -0.2) is 29.0 Å². The number of nitrogens with one attached hydrogen (secondary N) is 1. The Bertz CT molecular complexity index is 1380. The van der Waals surface area contributed by atoms with E-state index in [0.717, 1.165) is 38.6 Å². The Balaban J connectivity index is 1.63. The Labute approximate surface area is 195 Å². The largest absolute Gasteiger partial charge is 0.493 e. The number of nitrogens with zero attached hydrogens (tertiary/aromatic N) is 3. The van der Waals surface area contributed by atoms with Gasteiger partial charge in [-0.2, -0.15) is 10.1 Å². The van der Waals surface area contributed by atoms with Crippen LogP contribution in [0.2, 0.25) is 0 Å². The van der Waals surface area contributed by atoms with Gasteiger partial charge in [-0.25, -0.2) is 4.68 Å². The Morgan fingerprint density at radius 3 is 2.73 bits per heavy atom. The molecule has 0 saturated heterocycles. The lowest BCUT2D eigenvalue weighted by molar-refractivity contribution is 0.226. The van der Waals surface area contributed by atoms with Crippen molar-refractivity contribution < 1.29 is 14.2 Å². The highest BCUT2D eigenvalue weighted by atomic mass is 32.1. The quantitative estimate of drug-likeness (QED) is 0.452. The molecule has 2 aliphatic heterocycles. The molecule has 0 spiro atoms. The molecule has 4 aromatic rings. The summed E-state index contributed by atoms with van der Waals surface area (Å²) in [6.45, 7) is 2.09. The van der Waals surface area contributed by atoms with Crippen LogP contribution in [0.3, 0.4) is 0 Å². The molecule has 2 aromatic heterocycles. The number of hydrogen-bond acceptors (Lipinski definition) is 7. The van der Waals surface area contributed by atoms with Crippen molar-refractivity contribution in [1.82, 2.24) is 14.8 Å². The zero-order valence-corrected chi connectivity index (χ0v) is 19.2. The number of ether oxygens (including phenoxy) is 3. The summed E-state index contributed by atoms with van der Waals surface area (Å²) < 4.78 is 19.6. The second-order valence-electron chi connectivity index (χ2n) is 8.01. The predicted octanol–water partition coefficient (Wildman–Crippen LogP) is 5.23. The predicted molar refractivity (Wildman–Crippen MR) is 127 cm³/mol. The third-order valence-electron chi connectivity index (χ3n) is 6.09. The summed E-state index contributed by atoms with van der Waals surface area (Å²) in [6.07, 6.45) is 1.31. The SMILES string of the molecule is COc1ccc([C@@H]2C3=C(Nc4ncnn42)c2cc(C)ccc2O[C@H]3c2cccs2)cc1OC. The molecule has 2 aliphatic rings. The maximum Gasteiger partial charge on any atom is 0.226 e. The first-order valence-electron chi connectivity index (χ1n) is 10.6. The van der Waals surface area contributed by atoms with Gasteiger partial charge in [-0.15, -0.1) is 11.3 Å². The van der Waals surface area contributed by atoms with Crippen LogP contribution < -0.4 is 19.5 Å². The van der Waals surface area contributed by atoms with Gasteiger partial charge in [-0.05, 0) is 48.2 Å². The highest BCUT2D eigenvalue weighted by molar-refractivity contribution is 7.10. The monoisotopic (exact) mass is 458 g/mol. The van der Waals surface area contributed by atoms with Crippen LogP contribution in [-0.2, 0) is 0 Å². The number of thiophene rings is 1. The first-order valence-corrected chi connectivity index (χ1v) is 11.5. The van der Waals surface area contributed by atoms with Gasteiger partial charge in [0.2, 0.25) is 5.95 Å². The highest BCUT2D eigenvalue weighted by Crippen LogP contribution is 2.51. The molecule has 4 heterocycles. The van der Waals surface area contributed by atoms with E-state index in [1.807, 2.05) is 28.9 Å². The fourth-order valence-electron chi connectivity index (χ4n) is 4.61. The summed E-state index contributed by atoms with van der Waals surface area (Å²) in [6, 6.07) is 16.2. The molecule has 1 N–H and O–H groups in total. The number of fused-ring (bicyclic) bond motifs is 3. The third kappa shape index (κ3) is 3.09. The van der Waals surface area contributed by atoms with Crippen LogP contribution >= 0.6 is 11.3 Å². The maximum atomic E-state index is 6.64. The first-order chi connectivity index (χ1) is 16.2. The molecular weight excluding hydrogens is 436 g/mol. The normalized spacial score (nSPS) is 18.5. The minimum Gasteiger partial charge on any atom is -0.493 e. The lowest BCUT2D eigenvalue weighted by atomic mass is 9.86. The number of methoxy groups -OCH3 is 2. The molecule has 0 bridgehead atoms. The Morgan fingerprint density at radius 1 is 1.06 bits per heavy atom. The van der Waals surface area contributed by atoms with Crippen molar-refractivity contribution in [3.63, 3.8) is 0 Å². The third-order valence-corrected chi connectivity index (χ3v) is 7.01. The summed E-state index contributed by atoms with van der Waals surface area (Å²) in [7, 11) is 3.28. The lowest BCUT2D eigenvalue weighted by Gasteiger charge is -2.38. The maximum absolute atomic E-state index is 6.64. The van der Waals surface area contributed by atoms with Gasteiger partial charge in [-0.3, -0.25) is 0 Å². The molecule has 0 fully saturated rings. The zero-order valence-electron chi connectivity index (χ0n) is 18.4. The Morgan fingerprint density at radius 2 is 1.94 bits per heavy atom. The van der Waals surface area contributed by atoms with E-state index in [-0.39, 0.29) is 12.1 Å². The second-order valence-corrected chi connectivity index (χ2v) is 8.99. The van der Waals surface area contributed by atoms with Crippen LogP contribution in [0.4, 0.5) is 5.95 Å². The summed E-state index contributed by atoms with van der Waals surface area (Å²) in [4.78, 5) is 5.62. The molecule has 0 radical (unpaired) electrons. The van der Waals surface area contributed by atoms with Gasteiger partial charge in [0.1, 0.15) is 18.1 Å². The molecule has 0 unspecified atom stereocenters.